The summed E-state index contributed by atoms with van der Waals surface area (Å²) < 4.78 is 5.48. The highest BCUT2D eigenvalue weighted by atomic mass is 16.6. The molecule has 0 aliphatic carbocycles. The molecule has 0 aromatic heterocycles. The van der Waals surface area contributed by atoms with E-state index in [4.69, 9.17) is 11.2 Å². The van der Waals surface area contributed by atoms with Crippen molar-refractivity contribution < 1.29 is 14.6 Å². The summed E-state index contributed by atoms with van der Waals surface area (Å²) in [6.45, 7) is 3.92. The molecule has 1 heterocycles. The molecule has 1 unspecified atom stereocenters. The average Bonchev–Trinajstić information content (AvgIpc) is 2.42. The fourth-order valence-corrected chi connectivity index (χ4v) is 2.46. The van der Waals surface area contributed by atoms with Crippen molar-refractivity contribution in [3.63, 3.8) is 0 Å². The number of hydrogen-bond acceptors (Lipinski definition) is 4. The molecule has 1 aliphatic rings. The van der Waals surface area contributed by atoms with E-state index < -0.39 is 11.6 Å². The number of aliphatic hydroxyl groups is 1. The first-order chi connectivity index (χ1) is 9.51. The maximum Gasteiger partial charge on any atom is 0.339 e. The number of ether oxygens (including phenoxy) is 1. The fraction of sp³-hybridized carbons (Fsp3) is 0.812. The van der Waals surface area contributed by atoms with Gasteiger partial charge in [0.2, 0.25) is 0 Å². The van der Waals surface area contributed by atoms with Gasteiger partial charge in [-0.05, 0) is 32.7 Å². The summed E-state index contributed by atoms with van der Waals surface area (Å²) in [5, 5.41) is 10.5. The third-order valence-electron chi connectivity index (χ3n) is 3.91. The minimum absolute atomic E-state index is 0.0299. The van der Waals surface area contributed by atoms with Crippen LogP contribution in [0.5, 0.6) is 0 Å². The first kappa shape index (κ1) is 17.0. The van der Waals surface area contributed by atoms with Crippen LogP contribution in [0.15, 0.2) is 0 Å². The van der Waals surface area contributed by atoms with Crippen LogP contribution >= 0.6 is 0 Å². The fourth-order valence-electron chi connectivity index (χ4n) is 2.46. The summed E-state index contributed by atoms with van der Waals surface area (Å²) >= 11 is 0. The van der Waals surface area contributed by atoms with E-state index in [1.807, 2.05) is 0 Å². The molecule has 0 radical (unpaired) electrons. The van der Waals surface area contributed by atoms with Crippen molar-refractivity contribution in [1.29, 1.82) is 0 Å². The lowest BCUT2D eigenvalue weighted by Gasteiger charge is -2.31. The van der Waals surface area contributed by atoms with Crippen molar-refractivity contribution in [3.8, 4) is 12.3 Å². The Labute approximate surface area is 122 Å². The van der Waals surface area contributed by atoms with Gasteiger partial charge in [0.05, 0.1) is 0 Å². The van der Waals surface area contributed by atoms with Crippen LogP contribution in [0.1, 0.15) is 51.9 Å². The summed E-state index contributed by atoms with van der Waals surface area (Å²) in [4.78, 5) is 14.4. The van der Waals surface area contributed by atoms with E-state index in [2.05, 4.69) is 24.8 Å². The monoisotopic (exact) mass is 281 g/mol. The zero-order chi connectivity index (χ0) is 15.0. The number of hydrogen-bond donors (Lipinski definition) is 1. The lowest BCUT2D eigenvalue weighted by Crippen LogP contribution is -2.44. The summed E-state index contributed by atoms with van der Waals surface area (Å²) in [6.07, 6.45) is 10.1. The molecule has 4 heteroatoms. The van der Waals surface area contributed by atoms with E-state index in [-0.39, 0.29) is 12.5 Å². The predicted molar refractivity (Wildman–Crippen MR) is 79.2 cm³/mol. The second kappa shape index (κ2) is 8.28. The zero-order valence-electron chi connectivity index (χ0n) is 12.7. The third-order valence-corrected chi connectivity index (χ3v) is 3.91. The second-order valence-electron chi connectivity index (χ2n) is 5.78. The highest BCUT2D eigenvalue weighted by Gasteiger charge is 2.38. The normalized spacial score (nSPS) is 20.1. The molecule has 114 valence electrons. The Morgan fingerprint density at radius 2 is 2.10 bits per heavy atom. The van der Waals surface area contributed by atoms with Crippen LogP contribution in [0.4, 0.5) is 0 Å². The molecule has 1 rings (SSSR count). The molecule has 20 heavy (non-hydrogen) atoms. The van der Waals surface area contributed by atoms with Gasteiger partial charge in [-0.2, -0.15) is 0 Å². The predicted octanol–water partition coefficient (Wildman–Crippen LogP) is 1.96. The first-order valence-corrected chi connectivity index (χ1v) is 7.57. The average molecular weight is 281 g/mol. The molecule has 0 aromatic rings. The standard InChI is InChI=1S/C16H27NO3/c1-4-6-7-11-16(19,10-5-2)15(18)20-14-8-12-17(3)13-9-14/h2,14,19H,4,6-13H2,1,3H3. The molecule has 1 N–H and O–H groups in total. The number of nitrogens with zero attached hydrogens (tertiary/aromatic N) is 1. The lowest BCUT2D eigenvalue weighted by molar-refractivity contribution is -0.173. The number of unbranched alkanes of at least 4 members (excludes halogenated alkanes) is 2. The van der Waals surface area contributed by atoms with Crippen LogP contribution in [0, 0.1) is 12.3 Å². The van der Waals surface area contributed by atoms with Gasteiger partial charge in [-0.15, -0.1) is 12.3 Å². The maximum atomic E-state index is 12.2. The minimum Gasteiger partial charge on any atom is -0.460 e. The van der Waals surface area contributed by atoms with Crippen molar-refractivity contribution in [3.05, 3.63) is 0 Å². The Kier molecular flexibility index (Phi) is 7.04. The zero-order valence-corrected chi connectivity index (χ0v) is 12.7. The van der Waals surface area contributed by atoms with Crippen molar-refractivity contribution in [1.82, 2.24) is 4.90 Å². The van der Waals surface area contributed by atoms with E-state index >= 15 is 0 Å². The molecule has 1 aliphatic heterocycles. The number of rotatable bonds is 7. The second-order valence-corrected chi connectivity index (χ2v) is 5.78. The lowest BCUT2D eigenvalue weighted by atomic mass is 9.92. The molecular weight excluding hydrogens is 254 g/mol. The topological polar surface area (TPSA) is 49.8 Å². The summed E-state index contributed by atoms with van der Waals surface area (Å²) in [5.74, 6) is 1.86. The van der Waals surface area contributed by atoms with Gasteiger partial charge in [0, 0.05) is 19.5 Å². The summed E-state index contributed by atoms with van der Waals surface area (Å²) in [7, 11) is 2.05. The Morgan fingerprint density at radius 1 is 1.45 bits per heavy atom. The summed E-state index contributed by atoms with van der Waals surface area (Å²) in [5.41, 5.74) is -1.51. The van der Waals surface area contributed by atoms with Crippen LogP contribution < -0.4 is 0 Å². The van der Waals surface area contributed by atoms with Gasteiger partial charge in [0.1, 0.15) is 6.10 Å². The third kappa shape index (κ3) is 5.15. The molecule has 0 aromatic carbocycles. The van der Waals surface area contributed by atoms with Gasteiger partial charge < -0.3 is 14.7 Å². The van der Waals surface area contributed by atoms with Gasteiger partial charge in [0.25, 0.3) is 0 Å². The molecule has 0 amide bonds. The van der Waals surface area contributed by atoms with Crippen LogP contribution in [0.25, 0.3) is 0 Å². The molecule has 4 nitrogen and oxygen atoms in total. The molecule has 1 atom stereocenters. The van der Waals surface area contributed by atoms with Gasteiger partial charge >= 0.3 is 5.97 Å². The largest absolute Gasteiger partial charge is 0.460 e. The van der Waals surface area contributed by atoms with E-state index in [9.17, 15) is 9.90 Å². The molecule has 1 fully saturated rings. The number of likely N-dealkylation sites (tertiary alicyclic amines) is 1. The van der Waals surface area contributed by atoms with Crippen LogP contribution in [0.3, 0.4) is 0 Å². The van der Waals surface area contributed by atoms with E-state index in [0.29, 0.717) is 6.42 Å². The van der Waals surface area contributed by atoms with Crippen LogP contribution in [-0.2, 0) is 9.53 Å². The number of terminal acetylenes is 1. The van der Waals surface area contributed by atoms with Gasteiger partial charge in [-0.25, -0.2) is 4.79 Å². The van der Waals surface area contributed by atoms with Crippen molar-refractivity contribution in [2.75, 3.05) is 20.1 Å². The maximum absolute atomic E-state index is 12.2. The number of esters is 1. The highest BCUT2D eigenvalue weighted by molar-refractivity contribution is 5.79. The SMILES string of the molecule is C#CCC(O)(CCCCC)C(=O)OC1CCN(C)CC1. The van der Waals surface area contributed by atoms with Gasteiger partial charge in [0.15, 0.2) is 5.60 Å². The molecule has 0 spiro atoms. The molecule has 0 saturated carbocycles. The van der Waals surface area contributed by atoms with Crippen molar-refractivity contribution in [2.45, 2.75) is 63.6 Å². The van der Waals surface area contributed by atoms with Crippen LogP contribution in [-0.4, -0.2) is 47.8 Å². The van der Waals surface area contributed by atoms with Gasteiger partial charge in [-0.1, -0.05) is 19.8 Å². The molecule has 0 bridgehead atoms. The Balaban J connectivity index is 2.52. The van der Waals surface area contributed by atoms with Crippen molar-refractivity contribution in [2.24, 2.45) is 0 Å². The molecular formula is C16H27NO3. The van der Waals surface area contributed by atoms with Crippen LogP contribution in [0.2, 0.25) is 0 Å². The number of piperidine rings is 1. The molecule has 1 saturated heterocycles. The Bertz CT molecular complexity index is 342. The van der Waals surface area contributed by atoms with E-state index in [0.717, 1.165) is 45.2 Å². The number of carbonyl (C=O) groups is 1. The van der Waals surface area contributed by atoms with Gasteiger partial charge in [-0.3, -0.25) is 0 Å². The van der Waals surface area contributed by atoms with E-state index in [1.54, 1.807) is 0 Å². The smallest absolute Gasteiger partial charge is 0.339 e. The Morgan fingerprint density at radius 3 is 2.65 bits per heavy atom. The summed E-state index contributed by atoms with van der Waals surface area (Å²) in [6, 6.07) is 0. The minimum atomic E-state index is -1.51. The quantitative estimate of drug-likeness (QED) is 0.440. The Hall–Kier alpha value is -1.05. The van der Waals surface area contributed by atoms with Crippen molar-refractivity contribution >= 4 is 5.97 Å². The van der Waals surface area contributed by atoms with E-state index in [1.165, 1.54) is 0 Å². The highest BCUT2D eigenvalue weighted by Crippen LogP contribution is 2.23. The number of carbonyl (C=O) groups excluding carboxylic acids is 1. The first-order valence-electron chi connectivity index (χ1n) is 7.57.